The number of ether oxygens (including phenoxy) is 1. The minimum Gasteiger partial charge on any atom is -0.487 e. The highest BCUT2D eigenvalue weighted by Crippen LogP contribution is 2.46. The number of para-hydroxylation sites is 1. The lowest BCUT2D eigenvalue weighted by molar-refractivity contribution is 0.0378. The van der Waals surface area contributed by atoms with Gasteiger partial charge < -0.3 is 10.5 Å². The molecule has 0 bridgehead atoms. The van der Waals surface area contributed by atoms with E-state index in [4.69, 9.17) is 10.5 Å². The van der Waals surface area contributed by atoms with Gasteiger partial charge in [0.25, 0.3) is 0 Å². The molecule has 3 nitrogen and oxygen atoms in total. The van der Waals surface area contributed by atoms with Gasteiger partial charge in [-0.3, -0.25) is 4.90 Å². The normalized spacial score (nSPS) is 23.9. The standard InChI is InChI=1S/C13H18N2O/c1-15-8-10(9-15)16-12-5-3-2-4-11(12)13(14)6-7-13/h2-5,10H,6-9,14H2,1H3. The minimum absolute atomic E-state index is 0.105. The van der Waals surface area contributed by atoms with E-state index in [9.17, 15) is 0 Å². The Morgan fingerprint density at radius 1 is 1.31 bits per heavy atom. The average Bonchev–Trinajstić information content (AvgIpc) is 2.96. The predicted octanol–water partition coefficient (Wildman–Crippen LogP) is 1.33. The van der Waals surface area contributed by atoms with Gasteiger partial charge in [0.15, 0.2) is 0 Å². The van der Waals surface area contributed by atoms with E-state index in [2.05, 4.69) is 18.0 Å². The van der Waals surface area contributed by atoms with Crippen molar-refractivity contribution in [2.24, 2.45) is 5.73 Å². The Balaban J connectivity index is 1.78. The molecule has 3 heteroatoms. The largest absolute Gasteiger partial charge is 0.487 e. The van der Waals surface area contributed by atoms with Gasteiger partial charge in [0.2, 0.25) is 0 Å². The number of nitrogens with zero attached hydrogens (tertiary/aromatic N) is 1. The lowest BCUT2D eigenvalue weighted by Gasteiger charge is -2.36. The minimum atomic E-state index is -0.105. The summed E-state index contributed by atoms with van der Waals surface area (Å²) in [6, 6.07) is 8.21. The van der Waals surface area contributed by atoms with Gasteiger partial charge in [-0.2, -0.15) is 0 Å². The van der Waals surface area contributed by atoms with Crippen LogP contribution in [0.25, 0.3) is 0 Å². The Morgan fingerprint density at radius 2 is 2.00 bits per heavy atom. The molecule has 86 valence electrons. The van der Waals surface area contributed by atoms with Crippen LogP contribution >= 0.6 is 0 Å². The van der Waals surface area contributed by atoms with Gasteiger partial charge >= 0.3 is 0 Å². The van der Waals surface area contributed by atoms with Crippen molar-refractivity contribution in [1.82, 2.24) is 4.90 Å². The highest BCUT2D eigenvalue weighted by atomic mass is 16.5. The summed E-state index contributed by atoms with van der Waals surface area (Å²) in [7, 11) is 2.11. The number of rotatable bonds is 3. The molecule has 16 heavy (non-hydrogen) atoms. The van der Waals surface area contributed by atoms with Gasteiger partial charge in [0.1, 0.15) is 11.9 Å². The van der Waals surface area contributed by atoms with Crippen LogP contribution in [-0.4, -0.2) is 31.1 Å². The lowest BCUT2D eigenvalue weighted by Crippen LogP contribution is -2.51. The first-order valence-corrected chi connectivity index (χ1v) is 5.91. The molecule has 1 saturated carbocycles. The SMILES string of the molecule is CN1CC(Oc2ccccc2C2(N)CC2)C1. The van der Waals surface area contributed by atoms with Crippen molar-refractivity contribution in [3.8, 4) is 5.75 Å². The summed E-state index contributed by atoms with van der Waals surface area (Å²) in [5.41, 5.74) is 7.32. The molecule has 0 amide bonds. The zero-order chi connectivity index (χ0) is 11.2. The molecule has 0 spiro atoms. The first-order valence-electron chi connectivity index (χ1n) is 5.91. The van der Waals surface area contributed by atoms with Crippen LogP contribution in [0, 0.1) is 0 Å². The highest BCUT2D eigenvalue weighted by molar-refractivity contribution is 5.42. The summed E-state index contributed by atoms with van der Waals surface area (Å²) >= 11 is 0. The predicted molar refractivity (Wildman–Crippen MR) is 63.5 cm³/mol. The van der Waals surface area contributed by atoms with Crippen molar-refractivity contribution in [3.63, 3.8) is 0 Å². The second kappa shape index (κ2) is 3.47. The maximum Gasteiger partial charge on any atom is 0.124 e. The number of likely N-dealkylation sites (tertiary alicyclic amines) is 1. The summed E-state index contributed by atoms with van der Waals surface area (Å²) in [5.74, 6) is 0.987. The maximum absolute atomic E-state index is 6.24. The summed E-state index contributed by atoms with van der Waals surface area (Å²) in [6.45, 7) is 2.04. The quantitative estimate of drug-likeness (QED) is 0.831. The van der Waals surface area contributed by atoms with E-state index in [-0.39, 0.29) is 5.54 Å². The topological polar surface area (TPSA) is 38.5 Å². The summed E-state index contributed by atoms with van der Waals surface area (Å²) < 4.78 is 6.00. The average molecular weight is 218 g/mol. The van der Waals surface area contributed by atoms with E-state index in [1.807, 2.05) is 18.2 Å². The van der Waals surface area contributed by atoms with Crippen LogP contribution < -0.4 is 10.5 Å². The van der Waals surface area contributed by atoms with Gasteiger partial charge in [-0.05, 0) is 26.0 Å². The van der Waals surface area contributed by atoms with Crippen molar-refractivity contribution in [3.05, 3.63) is 29.8 Å². The molecular weight excluding hydrogens is 200 g/mol. The van der Waals surface area contributed by atoms with Crippen LogP contribution in [-0.2, 0) is 5.54 Å². The summed E-state index contributed by atoms with van der Waals surface area (Å²) in [5, 5.41) is 0. The number of likely N-dealkylation sites (N-methyl/N-ethyl adjacent to an activating group) is 1. The van der Waals surface area contributed by atoms with Crippen LogP contribution in [0.4, 0.5) is 0 Å². The number of benzene rings is 1. The molecule has 1 aliphatic heterocycles. The first kappa shape index (κ1) is 10.1. The summed E-state index contributed by atoms with van der Waals surface area (Å²) in [4.78, 5) is 2.25. The third kappa shape index (κ3) is 1.70. The van der Waals surface area contributed by atoms with Crippen molar-refractivity contribution in [2.75, 3.05) is 20.1 Å². The number of hydrogen-bond acceptors (Lipinski definition) is 3. The molecule has 1 aliphatic carbocycles. The Labute approximate surface area is 96.2 Å². The first-order chi connectivity index (χ1) is 7.67. The van der Waals surface area contributed by atoms with Gasteiger partial charge in [-0.1, -0.05) is 18.2 Å². The van der Waals surface area contributed by atoms with Crippen LogP contribution in [0.3, 0.4) is 0 Å². The Morgan fingerprint density at radius 3 is 2.62 bits per heavy atom. The Bertz CT molecular complexity index is 395. The molecule has 1 saturated heterocycles. The van der Waals surface area contributed by atoms with E-state index < -0.39 is 0 Å². The van der Waals surface area contributed by atoms with Crippen molar-refractivity contribution in [1.29, 1.82) is 0 Å². The fourth-order valence-electron chi connectivity index (χ4n) is 2.28. The van der Waals surface area contributed by atoms with Gasteiger partial charge in [0, 0.05) is 24.2 Å². The van der Waals surface area contributed by atoms with Crippen molar-refractivity contribution < 1.29 is 4.74 Å². The molecule has 0 atom stereocenters. The maximum atomic E-state index is 6.24. The molecular formula is C13H18N2O. The fourth-order valence-corrected chi connectivity index (χ4v) is 2.28. The van der Waals surface area contributed by atoms with Crippen LogP contribution in [0.1, 0.15) is 18.4 Å². The lowest BCUT2D eigenvalue weighted by atomic mass is 10.0. The third-order valence-corrected chi connectivity index (χ3v) is 3.54. The molecule has 2 fully saturated rings. The fraction of sp³-hybridized carbons (Fsp3) is 0.538. The molecule has 0 unspecified atom stereocenters. The zero-order valence-electron chi connectivity index (χ0n) is 9.65. The van der Waals surface area contributed by atoms with Crippen LogP contribution in [0.15, 0.2) is 24.3 Å². The third-order valence-electron chi connectivity index (χ3n) is 3.54. The monoisotopic (exact) mass is 218 g/mol. The van der Waals surface area contributed by atoms with Gasteiger partial charge in [-0.15, -0.1) is 0 Å². The molecule has 0 radical (unpaired) electrons. The Kier molecular flexibility index (Phi) is 2.19. The second-order valence-electron chi connectivity index (χ2n) is 5.11. The molecule has 0 aromatic heterocycles. The van der Waals surface area contributed by atoms with E-state index in [0.29, 0.717) is 6.10 Å². The molecule has 2 aliphatic rings. The summed E-state index contributed by atoms with van der Waals surface area (Å²) in [6.07, 6.45) is 2.50. The molecule has 1 aromatic carbocycles. The number of nitrogens with two attached hydrogens (primary N) is 1. The highest BCUT2D eigenvalue weighted by Gasteiger charge is 2.42. The molecule has 1 heterocycles. The van der Waals surface area contributed by atoms with E-state index in [1.54, 1.807) is 0 Å². The molecule has 1 aromatic rings. The van der Waals surface area contributed by atoms with E-state index in [1.165, 1.54) is 5.56 Å². The smallest absolute Gasteiger partial charge is 0.124 e. The van der Waals surface area contributed by atoms with Crippen molar-refractivity contribution >= 4 is 0 Å². The molecule has 2 N–H and O–H groups in total. The van der Waals surface area contributed by atoms with Crippen LogP contribution in [0.2, 0.25) is 0 Å². The van der Waals surface area contributed by atoms with Crippen molar-refractivity contribution in [2.45, 2.75) is 24.5 Å². The molecule has 3 rings (SSSR count). The second-order valence-corrected chi connectivity index (χ2v) is 5.11. The zero-order valence-corrected chi connectivity index (χ0v) is 9.65. The van der Waals surface area contributed by atoms with Gasteiger partial charge in [0.05, 0.1) is 0 Å². The number of hydrogen-bond donors (Lipinski definition) is 1. The van der Waals surface area contributed by atoms with Gasteiger partial charge in [-0.25, -0.2) is 0 Å². The Hall–Kier alpha value is -1.06. The van der Waals surface area contributed by atoms with E-state index in [0.717, 1.165) is 31.7 Å². The van der Waals surface area contributed by atoms with E-state index >= 15 is 0 Å². The van der Waals surface area contributed by atoms with Crippen LogP contribution in [0.5, 0.6) is 5.75 Å².